The lowest BCUT2D eigenvalue weighted by Gasteiger charge is -2.20. The normalized spacial score (nSPS) is 14.6. The van der Waals surface area contributed by atoms with E-state index in [1.165, 1.54) is 23.6 Å². The number of pyridine rings is 1. The number of hydrogen-bond donors (Lipinski definition) is 1. The van der Waals surface area contributed by atoms with Gasteiger partial charge in [0.2, 0.25) is 0 Å². The van der Waals surface area contributed by atoms with E-state index in [9.17, 15) is 4.79 Å². The highest BCUT2D eigenvalue weighted by atomic mass is 16.4. The highest BCUT2D eigenvalue weighted by molar-refractivity contribution is 5.95. The number of carboxylic acids is 1. The Kier molecular flexibility index (Phi) is 3.50. The monoisotopic (exact) mass is 281 g/mol. The summed E-state index contributed by atoms with van der Waals surface area (Å²) < 4.78 is 0. The van der Waals surface area contributed by atoms with Gasteiger partial charge in [-0.05, 0) is 68.4 Å². The third-order valence-corrected chi connectivity index (χ3v) is 4.14. The molecule has 1 N–H and O–H groups in total. The van der Waals surface area contributed by atoms with Crippen molar-refractivity contribution < 1.29 is 9.90 Å². The molecule has 3 rings (SSSR count). The van der Waals surface area contributed by atoms with Crippen LogP contribution in [0.4, 0.5) is 0 Å². The summed E-state index contributed by atoms with van der Waals surface area (Å²) in [6.45, 7) is 4.14. The largest absolute Gasteiger partial charge is 0.478 e. The van der Waals surface area contributed by atoms with E-state index in [2.05, 4.69) is 26.0 Å². The molecule has 21 heavy (non-hydrogen) atoms. The Morgan fingerprint density at radius 1 is 1.24 bits per heavy atom. The van der Waals surface area contributed by atoms with Gasteiger partial charge in [-0.25, -0.2) is 4.79 Å². The number of fused-ring (bicyclic) bond motifs is 2. The van der Waals surface area contributed by atoms with E-state index in [1.807, 2.05) is 0 Å². The van der Waals surface area contributed by atoms with Crippen molar-refractivity contribution in [3.63, 3.8) is 0 Å². The topological polar surface area (TPSA) is 50.2 Å². The molecule has 0 radical (unpaired) electrons. The van der Waals surface area contributed by atoms with Crippen LogP contribution in [0.1, 0.15) is 40.8 Å². The van der Waals surface area contributed by atoms with Crippen LogP contribution >= 0.6 is 0 Å². The highest BCUT2D eigenvalue weighted by Gasteiger charge is 2.18. The Labute approximate surface area is 124 Å². The molecule has 1 aromatic carbocycles. The Morgan fingerprint density at radius 3 is 2.76 bits per heavy atom. The summed E-state index contributed by atoms with van der Waals surface area (Å²) in [6.07, 6.45) is 7.28. The van der Waals surface area contributed by atoms with Crippen molar-refractivity contribution in [1.29, 1.82) is 0 Å². The Morgan fingerprint density at radius 2 is 2.00 bits per heavy atom. The van der Waals surface area contributed by atoms with Crippen LogP contribution in [-0.4, -0.2) is 16.1 Å². The van der Waals surface area contributed by atoms with Gasteiger partial charge < -0.3 is 5.11 Å². The number of aliphatic carboxylic acids is 1. The molecule has 0 saturated heterocycles. The predicted octanol–water partition coefficient (Wildman–Crippen LogP) is 3.83. The van der Waals surface area contributed by atoms with E-state index in [4.69, 9.17) is 10.1 Å². The molecule has 1 aliphatic rings. The average molecular weight is 281 g/mol. The van der Waals surface area contributed by atoms with Gasteiger partial charge in [0.05, 0.1) is 5.52 Å². The first-order chi connectivity index (χ1) is 10.1. The molecule has 0 atom stereocenters. The second-order valence-corrected chi connectivity index (χ2v) is 5.81. The molecule has 0 spiro atoms. The van der Waals surface area contributed by atoms with Gasteiger partial charge in [-0.15, -0.1) is 0 Å². The fourth-order valence-corrected chi connectivity index (χ4v) is 3.26. The molecule has 3 heteroatoms. The van der Waals surface area contributed by atoms with Gasteiger partial charge in [0.15, 0.2) is 0 Å². The summed E-state index contributed by atoms with van der Waals surface area (Å²) in [5.74, 6) is -0.908. The first-order valence-electron chi connectivity index (χ1n) is 7.40. The molecule has 0 aliphatic heterocycles. The van der Waals surface area contributed by atoms with Crippen molar-refractivity contribution in [3.05, 3.63) is 46.2 Å². The molecule has 1 heterocycles. The van der Waals surface area contributed by atoms with Crippen LogP contribution in [0.3, 0.4) is 0 Å². The zero-order valence-electron chi connectivity index (χ0n) is 12.4. The Hall–Kier alpha value is -2.16. The number of benzene rings is 1. The Bertz CT molecular complexity index is 760. The number of carboxylic acid groups (broad SMARTS) is 1. The van der Waals surface area contributed by atoms with Crippen LogP contribution in [0.2, 0.25) is 0 Å². The smallest absolute Gasteiger partial charge is 0.328 e. The maximum atomic E-state index is 10.9. The fourth-order valence-electron chi connectivity index (χ4n) is 3.26. The number of hydrogen-bond acceptors (Lipinski definition) is 2. The number of carbonyl (C=O) groups is 1. The van der Waals surface area contributed by atoms with Crippen molar-refractivity contribution >= 4 is 22.9 Å². The summed E-state index contributed by atoms with van der Waals surface area (Å²) in [7, 11) is 0. The van der Waals surface area contributed by atoms with Crippen molar-refractivity contribution in [1.82, 2.24) is 4.98 Å². The van der Waals surface area contributed by atoms with Gasteiger partial charge in [-0.3, -0.25) is 4.98 Å². The third kappa shape index (κ3) is 2.56. The summed E-state index contributed by atoms with van der Waals surface area (Å²) in [4.78, 5) is 15.8. The van der Waals surface area contributed by atoms with E-state index >= 15 is 0 Å². The predicted molar refractivity (Wildman–Crippen MR) is 84.5 cm³/mol. The lowest BCUT2D eigenvalue weighted by Crippen LogP contribution is -2.09. The molecule has 108 valence electrons. The van der Waals surface area contributed by atoms with Crippen LogP contribution in [0.15, 0.2) is 18.2 Å². The molecule has 2 aromatic rings. The van der Waals surface area contributed by atoms with Crippen LogP contribution < -0.4 is 0 Å². The average Bonchev–Trinajstić information content (AvgIpc) is 2.44. The maximum absolute atomic E-state index is 10.9. The molecule has 0 saturated carbocycles. The van der Waals surface area contributed by atoms with Crippen LogP contribution in [-0.2, 0) is 17.6 Å². The van der Waals surface area contributed by atoms with Crippen molar-refractivity contribution in [2.75, 3.05) is 0 Å². The molecule has 3 nitrogen and oxygen atoms in total. The third-order valence-electron chi connectivity index (χ3n) is 4.14. The number of aryl methyl sites for hydroxylation is 3. The molecule has 1 aliphatic carbocycles. The fraction of sp³-hybridized carbons (Fsp3) is 0.333. The SMILES string of the molecule is Cc1cc(C)c2nc3c(c(/C=C/C(=O)O)c2c1)CCCC3. The summed E-state index contributed by atoms with van der Waals surface area (Å²) in [5, 5.41) is 10.0. The van der Waals surface area contributed by atoms with Crippen molar-refractivity contribution in [2.45, 2.75) is 39.5 Å². The molecule has 1 aromatic heterocycles. The van der Waals surface area contributed by atoms with Gasteiger partial charge in [0.25, 0.3) is 0 Å². The van der Waals surface area contributed by atoms with Crippen molar-refractivity contribution in [2.24, 2.45) is 0 Å². The van der Waals surface area contributed by atoms with Gasteiger partial charge in [0.1, 0.15) is 0 Å². The number of rotatable bonds is 2. The van der Waals surface area contributed by atoms with Crippen LogP contribution in [0.25, 0.3) is 17.0 Å². The lowest BCUT2D eigenvalue weighted by molar-refractivity contribution is -0.131. The second kappa shape index (κ2) is 5.32. The minimum absolute atomic E-state index is 0.908. The standard InChI is InChI=1S/C18H19NO2/c1-11-9-12(2)18-15(10-11)13(7-8-17(20)21)14-5-3-4-6-16(14)19-18/h7-10H,3-6H2,1-2H3,(H,20,21)/b8-7+. The summed E-state index contributed by atoms with van der Waals surface area (Å²) >= 11 is 0. The first kappa shape index (κ1) is 13.8. The lowest BCUT2D eigenvalue weighted by atomic mass is 9.88. The van der Waals surface area contributed by atoms with E-state index in [0.29, 0.717) is 0 Å². The summed E-state index contributed by atoms with van der Waals surface area (Å²) in [6, 6.07) is 4.25. The second-order valence-electron chi connectivity index (χ2n) is 5.81. The number of nitrogens with zero attached hydrogens (tertiary/aromatic N) is 1. The highest BCUT2D eigenvalue weighted by Crippen LogP contribution is 2.32. The zero-order valence-corrected chi connectivity index (χ0v) is 12.4. The van der Waals surface area contributed by atoms with Gasteiger partial charge in [-0.1, -0.05) is 11.6 Å². The first-order valence-corrected chi connectivity index (χ1v) is 7.40. The van der Waals surface area contributed by atoms with Gasteiger partial charge in [0, 0.05) is 17.2 Å². The molecule has 0 amide bonds. The Balaban J connectivity index is 2.35. The van der Waals surface area contributed by atoms with E-state index in [0.717, 1.165) is 47.0 Å². The van der Waals surface area contributed by atoms with Gasteiger partial charge in [-0.2, -0.15) is 0 Å². The zero-order chi connectivity index (χ0) is 15.0. The molecular formula is C18H19NO2. The van der Waals surface area contributed by atoms with Crippen molar-refractivity contribution in [3.8, 4) is 0 Å². The number of aromatic nitrogens is 1. The van der Waals surface area contributed by atoms with E-state index in [1.54, 1.807) is 6.08 Å². The van der Waals surface area contributed by atoms with Crippen LogP contribution in [0.5, 0.6) is 0 Å². The van der Waals surface area contributed by atoms with Gasteiger partial charge >= 0.3 is 5.97 Å². The molecular weight excluding hydrogens is 262 g/mol. The van der Waals surface area contributed by atoms with Crippen LogP contribution in [0, 0.1) is 13.8 Å². The molecule has 0 bridgehead atoms. The van der Waals surface area contributed by atoms with E-state index < -0.39 is 5.97 Å². The molecule has 0 unspecified atom stereocenters. The minimum atomic E-state index is -0.908. The minimum Gasteiger partial charge on any atom is -0.478 e. The maximum Gasteiger partial charge on any atom is 0.328 e. The molecule has 0 fully saturated rings. The summed E-state index contributed by atoms with van der Waals surface area (Å²) in [5.41, 5.74) is 6.77. The van der Waals surface area contributed by atoms with E-state index in [-0.39, 0.29) is 0 Å². The quantitative estimate of drug-likeness (QED) is 0.851.